The summed E-state index contributed by atoms with van der Waals surface area (Å²) < 4.78 is 0. The third-order valence-corrected chi connectivity index (χ3v) is 3.43. The molecule has 0 bridgehead atoms. The average Bonchev–Trinajstić information content (AvgIpc) is 2.37. The quantitative estimate of drug-likeness (QED) is 0.526. The Labute approximate surface area is 106 Å². The molecule has 1 heterocycles. The van der Waals surface area contributed by atoms with Crippen molar-refractivity contribution >= 4 is 23.6 Å². The maximum absolute atomic E-state index is 11.3. The lowest BCUT2D eigenvalue weighted by molar-refractivity contribution is -0.125. The fraction of sp³-hybridized carbons (Fsp3) is 0.800. The second kappa shape index (κ2) is 8.32. The minimum Gasteiger partial charge on any atom is -0.353 e. The van der Waals surface area contributed by atoms with E-state index in [-0.39, 0.29) is 24.9 Å². The number of thioether (sulfide) groups is 1. The Hall–Kier alpha value is -0.790. The lowest BCUT2D eigenvalue weighted by Crippen LogP contribution is -2.43. The summed E-state index contributed by atoms with van der Waals surface area (Å²) >= 11 is 1.96. The lowest BCUT2D eigenvalue weighted by Gasteiger charge is -2.25. The molecule has 0 atom stereocenters. The molecule has 0 spiro atoms. The monoisotopic (exact) mass is 260 g/mol. The highest BCUT2D eigenvalue weighted by molar-refractivity contribution is 7.99. The van der Waals surface area contributed by atoms with Crippen molar-refractivity contribution in [2.24, 2.45) is 5.73 Å². The van der Waals surface area contributed by atoms with E-state index >= 15 is 0 Å². The Morgan fingerprint density at radius 3 is 2.53 bits per heavy atom. The molecule has 1 aliphatic rings. The van der Waals surface area contributed by atoms with Gasteiger partial charge in [0.2, 0.25) is 11.8 Å². The number of amides is 2. The van der Waals surface area contributed by atoms with Gasteiger partial charge in [-0.3, -0.25) is 14.5 Å². The standard InChI is InChI=1S/C10H20N4O2S/c11-7-9(15)13-8-10(16)12-1-2-14-3-5-17-6-4-14/h1-8,11H2,(H,12,16)(H,13,15). The number of carbonyl (C=O) groups excluding carboxylic acids is 2. The third kappa shape index (κ3) is 6.50. The van der Waals surface area contributed by atoms with Crippen molar-refractivity contribution in [2.45, 2.75) is 0 Å². The molecule has 0 aromatic carbocycles. The number of nitrogens with two attached hydrogens (primary N) is 1. The number of hydrogen-bond donors (Lipinski definition) is 3. The summed E-state index contributed by atoms with van der Waals surface area (Å²) in [7, 11) is 0. The van der Waals surface area contributed by atoms with Gasteiger partial charge in [-0.1, -0.05) is 0 Å². The Morgan fingerprint density at radius 1 is 1.18 bits per heavy atom. The van der Waals surface area contributed by atoms with Gasteiger partial charge in [-0.15, -0.1) is 0 Å². The molecule has 0 aliphatic carbocycles. The molecule has 4 N–H and O–H groups in total. The average molecular weight is 260 g/mol. The van der Waals surface area contributed by atoms with Gasteiger partial charge in [-0.2, -0.15) is 11.8 Å². The molecule has 2 amide bonds. The number of carbonyl (C=O) groups is 2. The van der Waals surface area contributed by atoms with E-state index in [1.165, 1.54) is 11.5 Å². The topological polar surface area (TPSA) is 87.5 Å². The number of nitrogens with zero attached hydrogens (tertiary/aromatic N) is 1. The van der Waals surface area contributed by atoms with E-state index in [2.05, 4.69) is 15.5 Å². The molecule has 6 nitrogen and oxygen atoms in total. The van der Waals surface area contributed by atoms with Crippen molar-refractivity contribution in [3.8, 4) is 0 Å². The molecule has 1 rings (SSSR count). The van der Waals surface area contributed by atoms with E-state index in [0.29, 0.717) is 6.54 Å². The molecule has 0 aromatic heterocycles. The van der Waals surface area contributed by atoms with Crippen LogP contribution in [0.4, 0.5) is 0 Å². The first-order valence-corrected chi connectivity index (χ1v) is 6.91. The SMILES string of the molecule is NCC(=O)NCC(=O)NCCN1CCSCC1. The van der Waals surface area contributed by atoms with Crippen molar-refractivity contribution < 1.29 is 9.59 Å². The minimum atomic E-state index is -0.312. The van der Waals surface area contributed by atoms with Gasteiger partial charge < -0.3 is 16.4 Å². The summed E-state index contributed by atoms with van der Waals surface area (Å²) in [6, 6.07) is 0. The van der Waals surface area contributed by atoms with Gasteiger partial charge in [0.25, 0.3) is 0 Å². The van der Waals surface area contributed by atoms with Crippen LogP contribution in [0.25, 0.3) is 0 Å². The van der Waals surface area contributed by atoms with Crippen molar-refractivity contribution in [1.82, 2.24) is 15.5 Å². The second-order valence-corrected chi connectivity index (χ2v) is 5.01. The predicted octanol–water partition coefficient (Wildman–Crippen LogP) is -1.77. The minimum absolute atomic E-state index is 0.00584. The highest BCUT2D eigenvalue weighted by Gasteiger charge is 2.10. The first kappa shape index (κ1) is 14.3. The van der Waals surface area contributed by atoms with Gasteiger partial charge in [0.05, 0.1) is 13.1 Å². The van der Waals surface area contributed by atoms with Crippen LogP contribution < -0.4 is 16.4 Å². The molecule has 1 aliphatic heterocycles. The Balaban J connectivity index is 2.01. The van der Waals surface area contributed by atoms with Crippen LogP contribution >= 0.6 is 11.8 Å². The third-order valence-electron chi connectivity index (χ3n) is 2.49. The van der Waals surface area contributed by atoms with Crippen LogP contribution in [0.2, 0.25) is 0 Å². The van der Waals surface area contributed by atoms with Crippen LogP contribution in [0.5, 0.6) is 0 Å². The van der Waals surface area contributed by atoms with Crippen LogP contribution in [-0.4, -0.2) is 67.5 Å². The summed E-state index contributed by atoms with van der Waals surface area (Å²) in [5.74, 6) is 1.85. The maximum atomic E-state index is 11.3. The maximum Gasteiger partial charge on any atom is 0.239 e. The summed E-state index contributed by atoms with van der Waals surface area (Å²) in [6.07, 6.45) is 0. The largest absolute Gasteiger partial charge is 0.353 e. The first-order chi connectivity index (χ1) is 8.22. The van der Waals surface area contributed by atoms with Crippen molar-refractivity contribution in [1.29, 1.82) is 0 Å². The Bertz CT molecular complexity index is 257. The van der Waals surface area contributed by atoms with Gasteiger partial charge >= 0.3 is 0 Å². The fourth-order valence-corrected chi connectivity index (χ4v) is 2.47. The lowest BCUT2D eigenvalue weighted by atomic mass is 10.4. The zero-order chi connectivity index (χ0) is 12.5. The highest BCUT2D eigenvalue weighted by Crippen LogP contribution is 2.07. The molecule has 0 saturated carbocycles. The highest BCUT2D eigenvalue weighted by atomic mass is 32.2. The van der Waals surface area contributed by atoms with Gasteiger partial charge in [-0.05, 0) is 0 Å². The van der Waals surface area contributed by atoms with Crippen molar-refractivity contribution in [3.05, 3.63) is 0 Å². The van der Waals surface area contributed by atoms with Gasteiger partial charge in [0, 0.05) is 37.7 Å². The molecule has 0 aromatic rings. The van der Waals surface area contributed by atoms with E-state index in [0.717, 1.165) is 19.6 Å². The van der Waals surface area contributed by atoms with Crippen LogP contribution in [-0.2, 0) is 9.59 Å². The van der Waals surface area contributed by atoms with Gasteiger partial charge in [0.1, 0.15) is 0 Å². The van der Waals surface area contributed by atoms with E-state index in [1.54, 1.807) is 0 Å². The molecule has 98 valence electrons. The summed E-state index contributed by atoms with van der Waals surface area (Å²) in [4.78, 5) is 24.5. The van der Waals surface area contributed by atoms with E-state index in [9.17, 15) is 9.59 Å². The molecule has 0 radical (unpaired) electrons. The second-order valence-electron chi connectivity index (χ2n) is 3.78. The van der Waals surface area contributed by atoms with E-state index in [4.69, 9.17) is 5.73 Å². The van der Waals surface area contributed by atoms with Crippen molar-refractivity contribution in [3.63, 3.8) is 0 Å². The molecular weight excluding hydrogens is 240 g/mol. The predicted molar refractivity (Wildman–Crippen MR) is 68.8 cm³/mol. The normalized spacial score (nSPS) is 16.5. The molecule has 0 unspecified atom stereocenters. The summed E-state index contributed by atoms with van der Waals surface area (Å²) in [6.45, 7) is 3.60. The van der Waals surface area contributed by atoms with Crippen LogP contribution in [0.3, 0.4) is 0 Å². The number of hydrogen-bond acceptors (Lipinski definition) is 5. The smallest absolute Gasteiger partial charge is 0.239 e. The Kier molecular flexibility index (Phi) is 6.99. The van der Waals surface area contributed by atoms with Gasteiger partial charge in [-0.25, -0.2) is 0 Å². The van der Waals surface area contributed by atoms with E-state index in [1.807, 2.05) is 11.8 Å². The van der Waals surface area contributed by atoms with E-state index < -0.39 is 0 Å². The van der Waals surface area contributed by atoms with Crippen LogP contribution in [0.1, 0.15) is 0 Å². The zero-order valence-electron chi connectivity index (χ0n) is 9.91. The molecule has 7 heteroatoms. The van der Waals surface area contributed by atoms with Gasteiger partial charge in [0.15, 0.2) is 0 Å². The van der Waals surface area contributed by atoms with Crippen LogP contribution in [0, 0.1) is 0 Å². The first-order valence-electron chi connectivity index (χ1n) is 5.76. The fourth-order valence-electron chi connectivity index (χ4n) is 1.49. The molecule has 1 fully saturated rings. The number of nitrogens with one attached hydrogen (secondary N) is 2. The molecule has 1 saturated heterocycles. The zero-order valence-corrected chi connectivity index (χ0v) is 10.7. The molecule has 17 heavy (non-hydrogen) atoms. The number of rotatable bonds is 6. The summed E-state index contributed by atoms with van der Waals surface area (Å²) in [5, 5.41) is 5.19. The Morgan fingerprint density at radius 2 is 1.88 bits per heavy atom. The summed E-state index contributed by atoms with van der Waals surface area (Å²) in [5.41, 5.74) is 5.10. The van der Waals surface area contributed by atoms with Crippen LogP contribution in [0.15, 0.2) is 0 Å². The van der Waals surface area contributed by atoms with Crippen molar-refractivity contribution in [2.75, 3.05) is 50.8 Å². The molecular formula is C10H20N4O2S.